The van der Waals surface area contributed by atoms with E-state index in [-0.39, 0.29) is 0 Å². The minimum atomic E-state index is 0.354. The second kappa shape index (κ2) is 4.95. The summed E-state index contributed by atoms with van der Waals surface area (Å²) >= 11 is 0. The van der Waals surface area contributed by atoms with Crippen molar-refractivity contribution in [1.82, 2.24) is 15.3 Å². The van der Waals surface area contributed by atoms with E-state index in [4.69, 9.17) is 4.74 Å². The Morgan fingerprint density at radius 2 is 2.00 bits per heavy atom. The van der Waals surface area contributed by atoms with Gasteiger partial charge in [0, 0.05) is 5.69 Å². The highest BCUT2D eigenvalue weighted by molar-refractivity contribution is 5.29. The van der Waals surface area contributed by atoms with Gasteiger partial charge < -0.3 is 4.74 Å². The zero-order valence-electron chi connectivity index (χ0n) is 10.2. The van der Waals surface area contributed by atoms with Gasteiger partial charge in [-0.05, 0) is 32.4 Å². The molecule has 2 aromatic heterocycles. The number of nitrogens with zero attached hydrogens (tertiary/aromatic N) is 3. The molecule has 0 atom stereocenters. The van der Waals surface area contributed by atoms with Crippen molar-refractivity contribution in [2.75, 3.05) is 0 Å². The number of hydrogen-bond donors (Lipinski definition) is 0. The Hall–Kier alpha value is -1.91. The first-order valence-electron chi connectivity index (χ1n) is 5.58. The zero-order valence-corrected chi connectivity index (χ0v) is 10.2. The van der Waals surface area contributed by atoms with E-state index >= 15 is 0 Å². The van der Waals surface area contributed by atoms with Crippen LogP contribution in [0.15, 0.2) is 16.8 Å². The van der Waals surface area contributed by atoms with Crippen molar-refractivity contribution in [2.24, 2.45) is 0 Å². The highest BCUT2D eigenvalue weighted by atomic mass is 16.6. The first-order chi connectivity index (χ1) is 8.20. The summed E-state index contributed by atoms with van der Waals surface area (Å²) in [6, 6.07) is 3.87. The molecule has 90 valence electrons. The lowest BCUT2D eigenvalue weighted by Crippen LogP contribution is -2.02. The molecule has 0 saturated carbocycles. The van der Waals surface area contributed by atoms with Crippen LogP contribution in [-0.4, -0.2) is 15.3 Å². The van der Waals surface area contributed by atoms with E-state index in [1.807, 2.05) is 26.0 Å². The maximum Gasteiger partial charge on any atom is 0.145 e. The molecule has 0 radical (unpaired) electrons. The summed E-state index contributed by atoms with van der Waals surface area (Å²) in [5, 5.41) is 7.48. The van der Waals surface area contributed by atoms with Crippen molar-refractivity contribution in [3.63, 3.8) is 0 Å². The van der Waals surface area contributed by atoms with Crippen molar-refractivity contribution in [1.29, 1.82) is 0 Å². The normalized spacial score (nSPS) is 10.5. The first kappa shape index (κ1) is 11.6. The topological polar surface area (TPSA) is 61.0 Å². The molecule has 0 bridgehead atoms. The third kappa shape index (κ3) is 2.61. The lowest BCUT2D eigenvalue weighted by molar-refractivity contribution is 0.268. The van der Waals surface area contributed by atoms with Gasteiger partial charge in [0.25, 0.3) is 0 Å². The molecule has 2 aromatic rings. The van der Waals surface area contributed by atoms with E-state index in [0.29, 0.717) is 12.3 Å². The van der Waals surface area contributed by atoms with E-state index in [1.165, 1.54) is 0 Å². The molecule has 0 amide bonds. The van der Waals surface area contributed by atoms with Gasteiger partial charge >= 0.3 is 0 Å². The molecule has 0 spiro atoms. The molecule has 0 fully saturated rings. The van der Waals surface area contributed by atoms with Gasteiger partial charge in [-0.15, -0.1) is 0 Å². The Labute approximate surface area is 99.8 Å². The van der Waals surface area contributed by atoms with E-state index < -0.39 is 0 Å². The standard InChI is InChI=1S/C12H15N3O2/c1-4-10-12(6-5-8(2)13-10)16-7-11-9(3)14-17-15-11/h5-6H,4,7H2,1-3H3. The Morgan fingerprint density at radius 3 is 2.65 bits per heavy atom. The molecule has 5 nitrogen and oxygen atoms in total. The van der Waals surface area contributed by atoms with Crippen LogP contribution in [0.1, 0.15) is 29.7 Å². The van der Waals surface area contributed by atoms with E-state index in [2.05, 4.69) is 26.9 Å². The minimum Gasteiger partial charge on any atom is -0.485 e. The molecule has 0 aliphatic heterocycles. The fourth-order valence-electron chi connectivity index (χ4n) is 1.51. The number of ether oxygens (including phenoxy) is 1. The first-order valence-corrected chi connectivity index (χ1v) is 5.58. The molecule has 0 aromatic carbocycles. The quantitative estimate of drug-likeness (QED) is 0.810. The summed E-state index contributed by atoms with van der Waals surface area (Å²) in [6.45, 7) is 6.21. The van der Waals surface area contributed by atoms with Crippen LogP contribution in [0, 0.1) is 13.8 Å². The average molecular weight is 233 g/mol. The summed E-state index contributed by atoms with van der Waals surface area (Å²) < 4.78 is 10.3. The molecular weight excluding hydrogens is 218 g/mol. The van der Waals surface area contributed by atoms with Gasteiger partial charge in [0.2, 0.25) is 0 Å². The van der Waals surface area contributed by atoms with Crippen LogP contribution in [-0.2, 0) is 13.0 Å². The monoisotopic (exact) mass is 233 g/mol. The molecule has 0 N–H and O–H groups in total. The molecule has 2 heterocycles. The van der Waals surface area contributed by atoms with Crippen LogP contribution < -0.4 is 4.74 Å². The highest BCUT2D eigenvalue weighted by Gasteiger charge is 2.08. The second-order valence-electron chi connectivity index (χ2n) is 3.84. The maximum atomic E-state index is 5.68. The summed E-state index contributed by atoms with van der Waals surface area (Å²) in [5.74, 6) is 0.792. The van der Waals surface area contributed by atoms with Gasteiger partial charge in [-0.3, -0.25) is 4.98 Å². The zero-order chi connectivity index (χ0) is 12.3. The summed E-state index contributed by atoms with van der Waals surface area (Å²) in [7, 11) is 0. The Balaban J connectivity index is 2.11. The average Bonchev–Trinajstić information content (AvgIpc) is 2.73. The number of aryl methyl sites for hydroxylation is 3. The van der Waals surface area contributed by atoms with Crippen LogP contribution in [0.2, 0.25) is 0 Å². The number of pyridine rings is 1. The van der Waals surface area contributed by atoms with E-state index in [9.17, 15) is 0 Å². The molecule has 17 heavy (non-hydrogen) atoms. The minimum absolute atomic E-state index is 0.354. The van der Waals surface area contributed by atoms with E-state index in [1.54, 1.807) is 0 Å². The number of aromatic nitrogens is 3. The smallest absolute Gasteiger partial charge is 0.145 e. The summed E-state index contributed by atoms with van der Waals surface area (Å²) in [5.41, 5.74) is 3.42. The van der Waals surface area contributed by atoms with Crippen molar-refractivity contribution < 1.29 is 9.37 Å². The third-order valence-electron chi connectivity index (χ3n) is 2.52. The second-order valence-corrected chi connectivity index (χ2v) is 3.84. The van der Waals surface area contributed by atoms with Crippen molar-refractivity contribution in [2.45, 2.75) is 33.8 Å². The van der Waals surface area contributed by atoms with Gasteiger partial charge in [-0.1, -0.05) is 17.2 Å². The van der Waals surface area contributed by atoms with Gasteiger partial charge in [0.1, 0.15) is 23.7 Å². The fourth-order valence-corrected chi connectivity index (χ4v) is 1.51. The molecule has 0 unspecified atom stereocenters. The van der Waals surface area contributed by atoms with Crippen molar-refractivity contribution in [3.05, 3.63) is 34.9 Å². The number of hydrogen-bond acceptors (Lipinski definition) is 5. The lowest BCUT2D eigenvalue weighted by atomic mass is 10.2. The Morgan fingerprint density at radius 1 is 1.18 bits per heavy atom. The third-order valence-corrected chi connectivity index (χ3v) is 2.52. The molecule has 0 aliphatic rings. The highest BCUT2D eigenvalue weighted by Crippen LogP contribution is 2.18. The van der Waals surface area contributed by atoms with Gasteiger partial charge in [-0.2, -0.15) is 0 Å². The lowest BCUT2D eigenvalue weighted by Gasteiger charge is -2.09. The van der Waals surface area contributed by atoms with Crippen LogP contribution in [0.4, 0.5) is 0 Å². The van der Waals surface area contributed by atoms with Gasteiger partial charge in [0.05, 0.1) is 5.69 Å². The predicted molar refractivity (Wildman–Crippen MR) is 61.7 cm³/mol. The van der Waals surface area contributed by atoms with E-state index in [0.717, 1.165) is 29.3 Å². The molecule has 0 saturated heterocycles. The van der Waals surface area contributed by atoms with Gasteiger partial charge in [0.15, 0.2) is 0 Å². The molecule has 5 heteroatoms. The summed E-state index contributed by atoms with van der Waals surface area (Å²) in [6.07, 6.45) is 0.840. The maximum absolute atomic E-state index is 5.68. The predicted octanol–water partition coefficient (Wildman–Crippen LogP) is 2.22. The van der Waals surface area contributed by atoms with Crippen LogP contribution >= 0.6 is 0 Å². The molecular formula is C12H15N3O2. The summed E-state index contributed by atoms with van der Waals surface area (Å²) in [4.78, 5) is 4.43. The number of rotatable bonds is 4. The van der Waals surface area contributed by atoms with Crippen LogP contribution in [0.25, 0.3) is 0 Å². The van der Waals surface area contributed by atoms with Crippen molar-refractivity contribution >= 4 is 0 Å². The largest absolute Gasteiger partial charge is 0.485 e. The Kier molecular flexibility index (Phi) is 3.37. The Bertz CT molecular complexity index is 508. The fraction of sp³-hybridized carbons (Fsp3) is 0.417. The van der Waals surface area contributed by atoms with Crippen molar-refractivity contribution in [3.8, 4) is 5.75 Å². The molecule has 2 rings (SSSR count). The van der Waals surface area contributed by atoms with Gasteiger partial charge in [-0.25, -0.2) is 4.63 Å². The van der Waals surface area contributed by atoms with Crippen LogP contribution in [0.5, 0.6) is 5.75 Å². The SMILES string of the molecule is CCc1nc(C)ccc1OCc1nonc1C. The van der Waals surface area contributed by atoms with Crippen LogP contribution in [0.3, 0.4) is 0 Å². The molecule has 0 aliphatic carbocycles.